The van der Waals surface area contributed by atoms with Gasteiger partial charge < -0.3 is 9.63 Å². The van der Waals surface area contributed by atoms with Gasteiger partial charge in [0.05, 0.1) is 5.75 Å². The van der Waals surface area contributed by atoms with E-state index in [2.05, 4.69) is 10.1 Å². The third-order valence-electron chi connectivity index (χ3n) is 2.69. The van der Waals surface area contributed by atoms with Gasteiger partial charge in [-0.1, -0.05) is 11.6 Å². The Hall–Kier alpha value is -0.950. The molecular weight excluding hydrogens is 232 g/mol. The molecule has 2 unspecified atom stereocenters. The van der Waals surface area contributed by atoms with Gasteiger partial charge in [0.25, 0.3) is 0 Å². The zero-order chi connectivity index (χ0) is 11.8. The van der Waals surface area contributed by atoms with E-state index in [-0.39, 0.29) is 17.5 Å². The van der Waals surface area contributed by atoms with Gasteiger partial charge in [0.15, 0.2) is 15.7 Å². The van der Waals surface area contributed by atoms with Crippen molar-refractivity contribution in [2.75, 3.05) is 5.75 Å². The molecule has 1 aliphatic rings. The highest BCUT2D eigenvalue weighted by Gasteiger charge is 2.34. The Morgan fingerprint density at radius 3 is 2.81 bits per heavy atom. The fraction of sp³-hybridized carbons (Fsp3) is 0.778. The number of sulfone groups is 1. The fourth-order valence-corrected chi connectivity index (χ4v) is 3.60. The van der Waals surface area contributed by atoms with E-state index in [0.717, 1.165) is 6.42 Å². The minimum absolute atomic E-state index is 0.107. The lowest BCUT2D eigenvalue weighted by Crippen LogP contribution is -2.21. The number of aliphatic hydroxyl groups excluding tert-OH is 1. The summed E-state index contributed by atoms with van der Waals surface area (Å²) in [7, 11) is -3.17. The summed E-state index contributed by atoms with van der Waals surface area (Å²) in [4.78, 5) is 3.92. The summed E-state index contributed by atoms with van der Waals surface area (Å²) < 4.78 is 28.4. The molecule has 0 aliphatic carbocycles. The van der Waals surface area contributed by atoms with Crippen molar-refractivity contribution in [2.24, 2.45) is 0 Å². The van der Waals surface area contributed by atoms with Crippen LogP contribution in [0.25, 0.3) is 0 Å². The molecule has 2 atom stereocenters. The summed E-state index contributed by atoms with van der Waals surface area (Å²) in [5, 5.41) is 12.1. The second-order valence-electron chi connectivity index (χ2n) is 4.02. The van der Waals surface area contributed by atoms with Crippen molar-refractivity contribution in [3.8, 4) is 0 Å². The van der Waals surface area contributed by atoms with E-state index in [1.807, 2.05) is 0 Å². The van der Waals surface area contributed by atoms with E-state index < -0.39 is 21.2 Å². The molecule has 0 amide bonds. The molecule has 0 spiro atoms. The lowest BCUT2D eigenvalue weighted by molar-refractivity contribution is 0.184. The SMILES string of the molecule is CC(O)c1noc(C2CCCCS2(=O)=O)n1. The summed E-state index contributed by atoms with van der Waals surface area (Å²) in [5.74, 6) is 0.413. The van der Waals surface area contributed by atoms with Gasteiger partial charge in [0, 0.05) is 0 Å². The van der Waals surface area contributed by atoms with Crippen molar-refractivity contribution in [3.63, 3.8) is 0 Å². The molecule has 0 radical (unpaired) electrons. The molecule has 1 aromatic rings. The van der Waals surface area contributed by atoms with Gasteiger partial charge in [-0.3, -0.25) is 0 Å². The second kappa shape index (κ2) is 4.14. The van der Waals surface area contributed by atoms with Crippen molar-refractivity contribution in [2.45, 2.75) is 37.5 Å². The standard InChI is InChI=1S/C9H14N2O4S/c1-6(12)8-10-9(15-11-8)7-4-2-3-5-16(7,13)14/h6-7,12H,2-5H2,1H3. The van der Waals surface area contributed by atoms with Crippen molar-refractivity contribution in [3.05, 3.63) is 11.7 Å². The van der Waals surface area contributed by atoms with E-state index >= 15 is 0 Å². The molecular formula is C9H14N2O4S. The van der Waals surface area contributed by atoms with E-state index in [9.17, 15) is 13.5 Å². The number of aromatic nitrogens is 2. The largest absolute Gasteiger partial charge is 0.385 e. The first-order chi connectivity index (χ1) is 7.50. The van der Waals surface area contributed by atoms with E-state index in [4.69, 9.17) is 4.52 Å². The smallest absolute Gasteiger partial charge is 0.245 e. The van der Waals surface area contributed by atoms with Gasteiger partial charge in [-0.25, -0.2) is 8.42 Å². The molecule has 6 nitrogen and oxygen atoms in total. The molecule has 0 aromatic carbocycles. The fourth-order valence-electron chi connectivity index (χ4n) is 1.78. The van der Waals surface area contributed by atoms with Crippen LogP contribution in [0.3, 0.4) is 0 Å². The zero-order valence-electron chi connectivity index (χ0n) is 8.96. The molecule has 90 valence electrons. The highest BCUT2D eigenvalue weighted by atomic mass is 32.2. The molecule has 1 N–H and O–H groups in total. The highest BCUT2D eigenvalue weighted by Crippen LogP contribution is 2.32. The van der Waals surface area contributed by atoms with Gasteiger partial charge in [0.2, 0.25) is 5.89 Å². The molecule has 1 fully saturated rings. The molecule has 7 heteroatoms. The quantitative estimate of drug-likeness (QED) is 0.828. The van der Waals surface area contributed by atoms with Crippen LogP contribution in [0.5, 0.6) is 0 Å². The first kappa shape index (κ1) is 11.5. The Bertz CT molecular complexity index is 466. The molecule has 16 heavy (non-hydrogen) atoms. The monoisotopic (exact) mass is 246 g/mol. The Kier molecular flexibility index (Phi) is 2.98. The van der Waals surface area contributed by atoms with Crippen molar-refractivity contribution in [1.29, 1.82) is 0 Å². The van der Waals surface area contributed by atoms with E-state index in [1.54, 1.807) is 0 Å². The predicted molar refractivity (Wildman–Crippen MR) is 55.3 cm³/mol. The minimum Gasteiger partial charge on any atom is -0.385 e. The Balaban J connectivity index is 2.29. The van der Waals surface area contributed by atoms with Crippen molar-refractivity contribution >= 4 is 9.84 Å². The molecule has 2 rings (SSSR count). The van der Waals surface area contributed by atoms with Gasteiger partial charge >= 0.3 is 0 Å². The maximum absolute atomic E-state index is 11.8. The third-order valence-corrected chi connectivity index (χ3v) is 4.85. The van der Waals surface area contributed by atoms with E-state index in [0.29, 0.717) is 12.8 Å². The molecule has 1 saturated heterocycles. The topological polar surface area (TPSA) is 93.3 Å². The lowest BCUT2D eigenvalue weighted by Gasteiger charge is -2.18. The van der Waals surface area contributed by atoms with Gasteiger partial charge in [-0.05, 0) is 19.8 Å². The summed E-state index contributed by atoms with van der Waals surface area (Å²) in [6, 6.07) is 0. The Labute approximate surface area is 93.6 Å². The van der Waals surface area contributed by atoms with Crippen molar-refractivity contribution < 1.29 is 18.0 Å². The summed E-state index contributed by atoms with van der Waals surface area (Å²) in [6.45, 7) is 1.50. The first-order valence-electron chi connectivity index (χ1n) is 5.24. The molecule has 0 saturated carbocycles. The maximum atomic E-state index is 11.8. The van der Waals surface area contributed by atoms with E-state index in [1.165, 1.54) is 6.92 Å². The number of nitrogens with zero attached hydrogens (tertiary/aromatic N) is 2. The Morgan fingerprint density at radius 1 is 1.50 bits per heavy atom. The van der Waals surface area contributed by atoms with Crippen LogP contribution in [0.1, 0.15) is 49.3 Å². The van der Waals surface area contributed by atoms with Crippen LogP contribution in [0.4, 0.5) is 0 Å². The lowest BCUT2D eigenvalue weighted by atomic mass is 10.2. The number of hydrogen-bond donors (Lipinski definition) is 1. The predicted octanol–water partition coefficient (Wildman–Crippen LogP) is 0.763. The van der Waals surface area contributed by atoms with Gasteiger partial charge in [0.1, 0.15) is 11.4 Å². The maximum Gasteiger partial charge on any atom is 0.245 e. The van der Waals surface area contributed by atoms with Crippen LogP contribution in [-0.4, -0.2) is 29.4 Å². The van der Waals surface area contributed by atoms with Crippen LogP contribution >= 0.6 is 0 Å². The van der Waals surface area contributed by atoms with Crippen LogP contribution in [0.2, 0.25) is 0 Å². The van der Waals surface area contributed by atoms with Crippen LogP contribution in [0, 0.1) is 0 Å². The molecule has 2 heterocycles. The van der Waals surface area contributed by atoms with Gasteiger partial charge in [-0.15, -0.1) is 0 Å². The Morgan fingerprint density at radius 2 is 2.25 bits per heavy atom. The molecule has 1 aliphatic heterocycles. The average Bonchev–Trinajstić information content (AvgIpc) is 2.65. The molecule has 0 bridgehead atoms. The second-order valence-corrected chi connectivity index (χ2v) is 6.32. The zero-order valence-corrected chi connectivity index (χ0v) is 9.77. The number of aliphatic hydroxyl groups is 1. The van der Waals surface area contributed by atoms with Crippen LogP contribution < -0.4 is 0 Å². The summed E-state index contributed by atoms with van der Waals surface area (Å²) in [5.41, 5.74) is 0. The van der Waals surface area contributed by atoms with Crippen LogP contribution in [-0.2, 0) is 9.84 Å². The van der Waals surface area contributed by atoms with Crippen LogP contribution in [0.15, 0.2) is 4.52 Å². The van der Waals surface area contributed by atoms with Gasteiger partial charge in [-0.2, -0.15) is 4.98 Å². The van der Waals surface area contributed by atoms with Crippen molar-refractivity contribution in [1.82, 2.24) is 10.1 Å². The summed E-state index contributed by atoms with van der Waals surface area (Å²) in [6.07, 6.45) is 1.21. The normalized spacial score (nSPS) is 26.5. The minimum atomic E-state index is -3.17. The first-order valence-corrected chi connectivity index (χ1v) is 6.95. The third kappa shape index (κ3) is 2.10. The molecule has 1 aromatic heterocycles. The number of rotatable bonds is 2. The highest BCUT2D eigenvalue weighted by molar-refractivity contribution is 7.91. The average molecular weight is 246 g/mol. The number of hydrogen-bond acceptors (Lipinski definition) is 6. The summed E-state index contributed by atoms with van der Waals surface area (Å²) >= 11 is 0.